The van der Waals surface area contributed by atoms with Crippen LogP contribution in [-0.2, 0) is 9.59 Å². The lowest BCUT2D eigenvalue weighted by atomic mass is 9.96. The number of hydrogen-bond acceptors (Lipinski definition) is 6. The number of Topliss-reactive ketones (excluding diaryl/α,β-unsaturated/α-hetero) is 1. The number of benzene rings is 2. The van der Waals surface area contributed by atoms with Crippen molar-refractivity contribution >= 4 is 17.7 Å². The highest BCUT2D eigenvalue weighted by atomic mass is 16.6. The Hall–Kier alpha value is -3.15. The van der Waals surface area contributed by atoms with Gasteiger partial charge in [-0.3, -0.25) is 14.4 Å². The molecule has 1 aliphatic rings. The van der Waals surface area contributed by atoms with Crippen LogP contribution in [0, 0.1) is 0 Å². The lowest BCUT2D eigenvalue weighted by molar-refractivity contribution is -0.134. The fraction of sp³-hybridized carbons (Fsp3) is 0.211. The van der Waals surface area contributed by atoms with E-state index in [2.05, 4.69) is 0 Å². The summed E-state index contributed by atoms with van der Waals surface area (Å²) in [7, 11) is 0. The first-order valence-corrected chi connectivity index (χ1v) is 7.73. The van der Waals surface area contributed by atoms with Gasteiger partial charge >= 0.3 is 11.9 Å². The molecule has 25 heavy (non-hydrogen) atoms. The van der Waals surface area contributed by atoms with Crippen LogP contribution in [0.5, 0.6) is 17.2 Å². The van der Waals surface area contributed by atoms with Crippen LogP contribution in [0.3, 0.4) is 0 Å². The Kier molecular flexibility index (Phi) is 4.52. The number of ketones is 1. The monoisotopic (exact) mass is 340 g/mol. The second-order valence-electron chi connectivity index (χ2n) is 5.62. The van der Waals surface area contributed by atoms with Gasteiger partial charge in [0, 0.05) is 13.8 Å². The summed E-state index contributed by atoms with van der Waals surface area (Å²) in [6.07, 6.45) is -0.341. The van der Waals surface area contributed by atoms with Crippen molar-refractivity contribution in [3.8, 4) is 17.2 Å². The van der Waals surface area contributed by atoms with E-state index in [1.807, 2.05) is 0 Å². The van der Waals surface area contributed by atoms with E-state index in [-0.39, 0.29) is 23.7 Å². The number of hydrogen-bond donors (Lipinski definition) is 0. The SMILES string of the molecule is CC(=O)Oc1ccc(C2CC(=O)c3ccccc3O2)cc1OC(C)=O. The number of fused-ring (bicyclic) bond motifs is 1. The zero-order valence-corrected chi connectivity index (χ0v) is 13.8. The predicted octanol–water partition coefficient (Wildman–Crippen LogP) is 3.24. The Labute approximate surface area is 144 Å². The van der Waals surface area contributed by atoms with E-state index < -0.39 is 18.0 Å². The molecule has 2 aromatic rings. The fourth-order valence-corrected chi connectivity index (χ4v) is 2.66. The molecule has 0 N–H and O–H groups in total. The minimum atomic E-state index is -0.545. The van der Waals surface area contributed by atoms with Crippen LogP contribution in [0.15, 0.2) is 42.5 Å². The van der Waals surface area contributed by atoms with Crippen LogP contribution in [0.4, 0.5) is 0 Å². The van der Waals surface area contributed by atoms with Crippen LogP contribution in [0.1, 0.15) is 42.3 Å². The van der Waals surface area contributed by atoms with Crippen molar-refractivity contribution in [3.63, 3.8) is 0 Å². The molecule has 1 heterocycles. The van der Waals surface area contributed by atoms with Crippen molar-refractivity contribution in [2.24, 2.45) is 0 Å². The molecule has 6 nitrogen and oxygen atoms in total. The Balaban J connectivity index is 1.94. The van der Waals surface area contributed by atoms with Crippen LogP contribution in [0.25, 0.3) is 0 Å². The fourth-order valence-electron chi connectivity index (χ4n) is 2.66. The average molecular weight is 340 g/mol. The first-order valence-electron chi connectivity index (χ1n) is 7.73. The molecule has 128 valence electrons. The van der Waals surface area contributed by atoms with Gasteiger partial charge in [-0.2, -0.15) is 0 Å². The number of rotatable bonds is 3. The van der Waals surface area contributed by atoms with Crippen LogP contribution < -0.4 is 14.2 Å². The molecule has 2 aromatic carbocycles. The van der Waals surface area contributed by atoms with Crippen LogP contribution in [-0.4, -0.2) is 17.7 Å². The van der Waals surface area contributed by atoms with E-state index in [9.17, 15) is 14.4 Å². The molecule has 0 radical (unpaired) electrons. The molecule has 0 amide bonds. The summed E-state index contributed by atoms with van der Waals surface area (Å²) in [5.74, 6) is -0.341. The maximum atomic E-state index is 12.3. The minimum absolute atomic E-state index is 0.0232. The average Bonchev–Trinajstić information content (AvgIpc) is 2.55. The van der Waals surface area contributed by atoms with Crippen molar-refractivity contribution in [1.29, 1.82) is 0 Å². The first-order chi connectivity index (χ1) is 11.9. The van der Waals surface area contributed by atoms with Gasteiger partial charge in [0.25, 0.3) is 0 Å². The van der Waals surface area contributed by atoms with Crippen molar-refractivity contribution in [2.45, 2.75) is 26.4 Å². The zero-order valence-electron chi connectivity index (χ0n) is 13.8. The summed E-state index contributed by atoms with van der Waals surface area (Å²) in [5, 5.41) is 0. The molecule has 6 heteroatoms. The quantitative estimate of drug-likeness (QED) is 0.630. The van der Waals surface area contributed by atoms with Gasteiger partial charge in [-0.1, -0.05) is 18.2 Å². The van der Waals surface area contributed by atoms with Gasteiger partial charge in [0.1, 0.15) is 11.9 Å². The van der Waals surface area contributed by atoms with E-state index in [1.165, 1.54) is 19.9 Å². The molecule has 0 saturated carbocycles. The van der Waals surface area contributed by atoms with Gasteiger partial charge in [0.15, 0.2) is 17.3 Å². The number of esters is 2. The number of para-hydroxylation sites is 1. The third kappa shape index (κ3) is 3.68. The predicted molar refractivity (Wildman–Crippen MR) is 87.8 cm³/mol. The Bertz CT molecular complexity index is 855. The molecule has 0 bridgehead atoms. The molecule has 0 fully saturated rings. The first kappa shape index (κ1) is 16.7. The standard InChI is InChI=1S/C19H16O6/c1-11(20)23-17-8-7-13(9-19(17)24-12(2)21)18-10-15(22)14-5-3-4-6-16(14)25-18/h3-9,18H,10H2,1-2H3. The van der Waals surface area contributed by atoms with Gasteiger partial charge in [-0.15, -0.1) is 0 Å². The molecular formula is C19H16O6. The van der Waals surface area contributed by atoms with Gasteiger partial charge in [0.2, 0.25) is 0 Å². The van der Waals surface area contributed by atoms with Gasteiger partial charge in [-0.25, -0.2) is 0 Å². The van der Waals surface area contributed by atoms with E-state index in [1.54, 1.807) is 36.4 Å². The normalized spacial score (nSPS) is 15.8. The highest BCUT2D eigenvalue weighted by Crippen LogP contribution is 2.38. The molecule has 3 rings (SSSR count). The van der Waals surface area contributed by atoms with E-state index in [4.69, 9.17) is 14.2 Å². The number of carbonyl (C=O) groups excluding carboxylic acids is 3. The van der Waals surface area contributed by atoms with E-state index in [0.29, 0.717) is 16.9 Å². The summed E-state index contributed by atoms with van der Waals surface area (Å²) >= 11 is 0. The Morgan fingerprint density at radius 1 is 1.00 bits per heavy atom. The highest BCUT2D eigenvalue weighted by molar-refractivity contribution is 6.00. The van der Waals surface area contributed by atoms with Crippen molar-refractivity contribution < 1.29 is 28.6 Å². The highest BCUT2D eigenvalue weighted by Gasteiger charge is 2.28. The Morgan fingerprint density at radius 3 is 2.40 bits per heavy atom. The summed E-state index contributed by atoms with van der Waals surface area (Å²) in [4.78, 5) is 34.8. The molecule has 0 aromatic heterocycles. The van der Waals surface area contributed by atoms with Gasteiger partial charge < -0.3 is 14.2 Å². The molecular weight excluding hydrogens is 324 g/mol. The van der Waals surface area contributed by atoms with E-state index in [0.717, 1.165) is 0 Å². The topological polar surface area (TPSA) is 78.9 Å². The lowest BCUT2D eigenvalue weighted by Crippen LogP contribution is -2.20. The lowest BCUT2D eigenvalue weighted by Gasteiger charge is -2.25. The molecule has 1 unspecified atom stereocenters. The van der Waals surface area contributed by atoms with Crippen LogP contribution in [0.2, 0.25) is 0 Å². The summed E-state index contributed by atoms with van der Waals surface area (Å²) in [5.41, 5.74) is 1.20. The van der Waals surface area contributed by atoms with Crippen LogP contribution >= 0.6 is 0 Å². The minimum Gasteiger partial charge on any atom is -0.484 e. The second kappa shape index (κ2) is 6.76. The largest absolute Gasteiger partial charge is 0.484 e. The zero-order chi connectivity index (χ0) is 18.0. The molecule has 0 spiro atoms. The summed E-state index contributed by atoms with van der Waals surface area (Å²) in [6.45, 7) is 2.51. The van der Waals surface area contributed by atoms with Crippen molar-refractivity contribution in [1.82, 2.24) is 0 Å². The summed E-state index contributed by atoms with van der Waals surface area (Å²) < 4.78 is 16.1. The van der Waals surface area contributed by atoms with Gasteiger partial charge in [0.05, 0.1) is 12.0 Å². The van der Waals surface area contributed by atoms with E-state index >= 15 is 0 Å². The smallest absolute Gasteiger partial charge is 0.308 e. The molecule has 1 aliphatic heterocycles. The number of ether oxygens (including phenoxy) is 3. The molecule has 1 atom stereocenters. The van der Waals surface area contributed by atoms with Gasteiger partial charge in [-0.05, 0) is 29.8 Å². The number of carbonyl (C=O) groups is 3. The molecule has 0 aliphatic carbocycles. The van der Waals surface area contributed by atoms with Crippen molar-refractivity contribution in [3.05, 3.63) is 53.6 Å². The second-order valence-corrected chi connectivity index (χ2v) is 5.62. The summed E-state index contributed by atoms with van der Waals surface area (Å²) in [6, 6.07) is 11.8. The molecule has 0 saturated heterocycles. The third-order valence-corrected chi connectivity index (χ3v) is 3.67. The third-order valence-electron chi connectivity index (χ3n) is 3.67. The maximum Gasteiger partial charge on any atom is 0.308 e. The Morgan fingerprint density at radius 2 is 1.68 bits per heavy atom. The maximum absolute atomic E-state index is 12.3. The van der Waals surface area contributed by atoms with Crippen molar-refractivity contribution in [2.75, 3.05) is 0 Å².